The number of hydrogen-bond donors (Lipinski definition) is 1. The Balaban J connectivity index is 2.00. The van der Waals surface area contributed by atoms with Gasteiger partial charge in [-0.25, -0.2) is 0 Å². The van der Waals surface area contributed by atoms with E-state index >= 15 is 0 Å². The maximum atomic E-state index is 4.40. The lowest BCUT2D eigenvalue weighted by Gasteiger charge is -2.23. The van der Waals surface area contributed by atoms with Gasteiger partial charge >= 0.3 is 0 Å². The summed E-state index contributed by atoms with van der Waals surface area (Å²) in [6, 6.07) is 0.699. The first kappa shape index (κ1) is 11.6. The van der Waals surface area contributed by atoms with Gasteiger partial charge in [0.2, 0.25) is 0 Å². The van der Waals surface area contributed by atoms with E-state index in [1.54, 1.807) is 0 Å². The van der Waals surface area contributed by atoms with Gasteiger partial charge in [0.1, 0.15) is 0 Å². The zero-order chi connectivity index (χ0) is 11.5. The molecule has 2 heterocycles. The predicted molar refractivity (Wildman–Crippen MR) is 65.3 cm³/mol. The van der Waals surface area contributed by atoms with Gasteiger partial charge < -0.3 is 5.32 Å². The molecule has 0 aromatic carbocycles. The molecule has 0 bridgehead atoms. The van der Waals surface area contributed by atoms with E-state index in [4.69, 9.17) is 0 Å². The Morgan fingerprint density at radius 3 is 3.00 bits per heavy atom. The molecular formula is C12H22N4. The molecule has 16 heavy (non-hydrogen) atoms. The molecule has 0 aliphatic carbocycles. The maximum absolute atomic E-state index is 4.40. The number of aromatic nitrogens is 2. The van der Waals surface area contributed by atoms with Gasteiger partial charge in [0.15, 0.2) is 0 Å². The summed E-state index contributed by atoms with van der Waals surface area (Å²) in [6.45, 7) is 5.46. The summed E-state index contributed by atoms with van der Waals surface area (Å²) in [5.74, 6) is 0. The summed E-state index contributed by atoms with van der Waals surface area (Å²) in [4.78, 5) is 2.57. The fraction of sp³-hybridized carbons (Fsp3) is 0.750. The van der Waals surface area contributed by atoms with Gasteiger partial charge in [0, 0.05) is 37.9 Å². The van der Waals surface area contributed by atoms with Gasteiger partial charge in [0.25, 0.3) is 0 Å². The van der Waals surface area contributed by atoms with Crippen molar-refractivity contribution in [2.45, 2.75) is 32.4 Å². The topological polar surface area (TPSA) is 33.1 Å². The van der Waals surface area contributed by atoms with Gasteiger partial charge in [-0.1, -0.05) is 0 Å². The molecule has 2 rings (SSSR count). The molecule has 1 atom stereocenters. The summed E-state index contributed by atoms with van der Waals surface area (Å²) < 4.78 is 1.91. The van der Waals surface area contributed by atoms with Crippen LogP contribution in [0.4, 0.5) is 0 Å². The van der Waals surface area contributed by atoms with Crippen molar-refractivity contribution >= 4 is 0 Å². The highest BCUT2D eigenvalue weighted by atomic mass is 15.3. The van der Waals surface area contributed by atoms with Crippen LogP contribution in [0.1, 0.15) is 24.1 Å². The van der Waals surface area contributed by atoms with Crippen molar-refractivity contribution in [2.75, 3.05) is 20.1 Å². The summed E-state index contributed by atoms with van der Waals surface area (Å²) in [5, 5.41) is 7.68. The Morgan fingerprint density at radius 1 is 1.56 bits per heavy atom. The van der Waals surface area contributed by atoms with E-state index in [0.717, 1.165) is 18.8 Å². The standard InChI is InChI=1S/C12H22N4/c1-10-11(8-15(3)14-10)9-16-6-4-5-12(16)7-13-2/h8,12-13H,4-7,9H2,1-3H3. The van der Waals surface area contributed by atoms with Crippen molar-refractivity contribution in [3.05, 3.63) is 17.5 Å². The van der Waals surface area contributed by atoms with Crippen LogP contribution in [0.5, 0.6) is 0 Å². The van der Waals surface area contributed by atoms with E-state index in [1.807, 2.05) is 18.8 Å². The molecule has 0 saturated carbocycles. The Kier molecular flexibility index (Phi) is 3.61. The Labute approximate surface area is 97.6 Å². The van der Waals surface area contributed by atoms with Crippen LogP contribution in [0, 0.1) is 6.92 Å². The molecule has 0 spiro atoms. The van der Waals surface area contributed by atoms with Crippen molar-refractivity contribution in [3.8, 4) is 0 Å². The highest BCUT2D eigenvalue weighted by molar-refractivity contribution is 5.15. The second kappa shape index (κ2) is 4.97. The van der Waals surface area contributed by atoms with Crippen LogP contribution >= 0.6 is 0 Å². The van der Waals surface area contributed by atoms with E-state index in [1.165, 1.54) is 24.9 Å². The van der Waals surface area contributed by atoms with E-state index in [9.17, 15) is 0 Å². The van der Waals surface area contributed by atoms with E-state index in [0.29, 0.717) is 6.04 Å². The molecular weight excluding hydrogens is 200 g/mol. The lowest BCUT2D eigenvalue weighted by molar-refractivity contribution is 0.242. The molecule has 4 nitrogen and oxygen atoms in total. The van der Waals surface area contributed by atoms with Crippen molar-refractivity contribution in [3.63, 3.8) is 0 Å². The van der Waals surface area contributed by atoms with Gasteiger partial charge in [0.05, 0.1) is 5.69 Å². The number of rotatable bonds is 4. The van der Waals surface area contributed by atoms with Crippen molar-refractivity contribution in [2.24, 2.45) is 7.05 Å². The third-order valence-corrected chi connectivity index (χ3v) is 3.43. The first-order valence-electron chi connectivity index (χ1n) is 6.08. The average Bonchev–Trinajstić information content (AvgIpc) is 2.77. The molecule has 1 saturated heterocycles. The normalized spacial score (nSPS) is 21.8. The fourth-order valence-electron chi connectivity index (χ4n) is 2.59. The van der Waals surface area contributed by atoms with Crippen molar-refractivity contribution in [1.82, 2.24) is 20.0 Å². The highest BCUT2D eigenvalue weighted by Gasteiger charge is 2.24. The lowest BCUT2D eigenvalue weighted by Crippen LogP contribution is -2.36. The van der Waals surface area contributed by atoms with Crippen LogP contribution in [-0.4, -0.2) is 40.9 Å². The molecule has 1 fully saturated rings. The average molecular weight is 222 g/mol. The second-order valence-electron chi connectivity index (χ2n) is 4.74. The fourth-order valence-corrected chi connectivity index (χ4v) is 2.59. The molecule has 1 N–H and O–H groups in total. The third kappa shape index (κ3) is 2.44. The lowest BCUT2D eigenvalue weighted by atomic mass is 10.2. The molecule has 0 amide bonds. The Morgan fingerprint density at radius 2 is 2.38 bits per heavy atom. The number of likely N-dealkylation sites (N-methyl/N-ethyl adjacent to an activating group) is 1. The predicted octanol–water partition coefficient (Wildman–Crippen LogP) is 0.912. The minimum atomic E-state index is 0.699. The zero-order valence-electron chi connectivity index (χ0n) is 10.5. The van der Waals surface area contributed by atoms with Gasteiger partial charge in [-0.3, -0.25) is 9.58 Å². The Bertz CT molecular complexity index is 345. The van der Waals surface area contributed by atoms with E-state index in [-0.39, 0.29) is 0 Å². The van der Waals surface area contributed by atoms with Gasteiger partial charge in [-0.15, -0.1) is 0 Å². The monoisotopic (exact) mass is 222 g/mol. The van der Waals surface area contributed by atoms with Crippen LogP contribution < -0.4 is 5.32 Å². The quantitative estimate of drug-likeness (QED) is 0.822. The molecule has 1 aromatic rings. The number of aryl methyl sites for hydroxylation is 2. The Hall–Kier alpha value is -0.870. The number of nitrogens with zero attached hydrogens (tertiary/aromatic N) is 3. The van der Waals surface area contributed by atoms with Crippen LogP contribution in [0.15, 0.2) is 6.20 Å². The maximum Gasteiger partial charge on any atom is 0.0638 e. The minimum absolute atomic E-state index is 0.699. The molecule has 0 radical (unpaired) electrons. The SMILES string of the molecule is CNCC1CCCN1Cc1cn(C)nc1C. The first-order chi connectivity index (χ1) is 7.70. The second-order valence-corrected chi connectivity index (χ2v) is 4.74. The zero-order valence-corrected chi connectivity index (χ0v) is 10.5. The van der Waals surface area contributed by atoms with E-state index in [2.05, 4.69) is 28.4 Å². The van der Waals surface area contributed by atoms with Gasteiger partial charge in [-0.05, 0) is 33.4 Å². The largest absolute Gasteiger partial charge is 0.318 e. The third-order valence-electron chi connectivity index (χ3n) is 3.43. The first-order valence-corrected chi connectivity index (χ1v) is 6.08. The van der Waals surface area contributed by atoms with Crippen molar-refractivity contribution in [1.29, 1.82) is 0 Å². The van der Waals surface area contributed by atoms with Crippen LogP contribution in [0.2, 0.25) is 0 Å². The molecule has 1 aliphatic heterocycles. The van der Waals surface area contributed by atoms with Crippen LogP contribution in [0.25, 0.3) is 0 Å². The number of likely N-dealkylation sites (tertiary alicyclic amines) is 1. The summed E-state index contributed by atoms with van der Waals surface area (Å²) in [6.07, 6.45) is 4.79. The molecule has 1 unspecified atom stereocenters. The molecule has 4 heteroatoms. The number of nitrogens with one attached hydrogen (secondary N) is 1. The molecule has 90 valence electrons. The molecule has 1 aromatic heterocycles. The van der Waals surface area contributed by atoms with Gasteiger partial charge in [-0.2, -0.15) is 5.10 Å². The van der Waals surface area contributed by atoms with Crippen LogP contribution in [0.3, 0.4) is 0 Å². The summed E-state index contributed by atoms with van der Waals surface area (Å²) >= 11 is 0. The van der Waals surface area contributed by atoms with E-state index < -0.39 is 0 Å². The summed E-state index contributed by atoms with van der Waals surface area (Å²) in [7, 11) is 4.03. The highest BCUT2D eigenvalue weighted by Crippen LogP contribution is 2.20. The summed E-state index contributed by atoms with van der Waals surface area (Å²) in [5.41, 5.74) is 2.53. The van der Waals surface area contributed by atoms with Crippen molar-refractivity contribution < 1.29 is 0 Å². The smallest absolute Gasteiger partial charge is 0.0638 e. The minimum Gasteiger partial charge on any atom is -0.318 e. The van der Waals surface area contributed by atoms with Crippen LogP contribution in [-0.2, 0) is 13.6 Å². The number of hydrogen-bond acceptors (Lipinski definition) is 3. The molecule has 1 aliphatic rings.